The molecule has 1 N–H and O–H groups in total. The highest BCUT2D eigenvalue weighted by molar-refractivity contribution is 9.09. The Balaban J connectivity index is 1.37. The Morgan fingerprint density at radius 2 is 1.91 bits per heavy atom. The quantitative estimate of drug-likeness (QED) is 0.106. The molecule has 0 radical (unpaired) electrons. The maximum Gasteiger partial charge on any atom is 0.310 e. The van der Waals surface area contributed by atoms with Crippen LogP contribution in [0.2, 0.25) is 0 Å². The largest absolute Gasteiger partial charge is 0.465 e. The Morgan fingerprint density at radius 1 is 1.15 bits per heavy atom. The van der Waals surface area contributed by atoms with E-state index in [1.807, 2.05) is 60.7 Å². The van der Waals surface area contributed by atoms with Crippen molar-refractivity contribution in [2.45, 2.75) is 65.7 Å². The summed E-state index contributed by atoms with van der Waals surface area (Å²) in [6.07, 6.45) is 6.76. The number of ether oxygens (including phenoxy) is 1. The van der Waals surface area contributed by atoms with Crippen LogP contribution in [0.25, 0.3) is 11.0 Å². The third kappa shape index (κ3) is 6.15. The number of allylic oxidation sites excluding steroid dienone is 1. The predicted molar refractivity (Wildman–Crippen MR) is 185 cm³/mol. The number of aliphatic hydroxyl groups is 1. The van der Waals surface area contributed by atoms with Crippen LogP contribution in [0.5, 0.6) is 0 Å². The Bertz CT molecular complexity index is 1640. The van der Waals surface area contributed by atoms with Crippen LogP contribution in [0.3, 0.4) is 0 Å². The monoisotopic (exact) mass is 721 g/mol. The Labute approximate surface area is 287 Å². The molecule has 12 heteroatoms. The van der Waals surface area contributed by atoms with Crippen molar-refractivity contribution >= 4 is 56.5 Å². The van der Waals surface area contributed by atoms with Gasteiger partial charge in [-0.3, -0.25) is 14.4 Å². The van der Waals surface area contributed by atoms with Crippen LogP contribution >= 0.6 is 27.7 Å². The lowest BCUT2D eigenvalue weighted by atomic mass is 9.71. The van der Waals surface area contributed by atoms with Gasteiger partial charge in [-0.1, -0.05) is 75.8 Å². The number of benzene rings is 2. The molecule has 7 atom stereocenters. The molecule has 1 aromatic heterocycles. The molecule has 2 amide bonds. The van der Waals surface area contributed by atoms with Crippen molar-refractivity contribution in [2.75, 3.05) is 19.8 Å². The van der Waals surface area contributed by atoms with Crippen molar-refractivity contribution in [3.05, 3.63) is 85.5 Å². The van der Waals surface area contributed by atoms with E-state index in [1.165, 1.54) is 0 Å². The molecule has 3 aliphatic rings. The number of aromatic nitrogens is 3. The molecule has 248 valence electrons. The number of hydrogen-bond acceptors (Lipinski definition) is 8. The molecular formula is C35H40BrN5O5S. The lowest BCUT2D eigenvalue weighted by Crippen LogP contribution is -2.58. The van der Waals surface area contributed by atoms with E-state index in [0.29, 0.717) is 24.8 Å². The van der Waals surface area contributed by atoms with E-state index in [0.717, 1.165) is 23.9 Å². The number of nitrogens with zero attached hydrogens (tertiary/aromatic N) is 5. The van der Waals surface area contributed by atoms with Gasteiger partial charge in [-0.05, 0) is 49.8 Å². The van der Waals surface area contributed by atoms with Gasteiger partial charge in [0, 0.05) is 16.6 Å². The van der Waals surface area contributed by atoms with Crippen LogP contribution in [0, 0.1) is 11.8 Å². The lowest BCUT2D eigenvalue weighted by molar-refractivity contribution is -0.154. The smallest absolute Gasteiger partial charge is 0.310 e. The number of para-hydroxylation sites is 1. The van der Waals surface area contributed by atoms with Crippen molar-refractivity contribution < 1.29 is 24.2 Å². The molecule has 0 aliphatic carbocycles. The standard InChI is InChI=1S/C35H40BrN5O5S/c1-3-5-6-12-18-46-34(45)28-29-32(43)41(24(21-42)19-23-13-8-7-9-14-23)31(35(29)20-25(36)30(28)47-35)33(44)39(17-4-2)22-40-27-16-11-10-15-26(27)37-38-40/h3-4,7-11,13-16,24-25,28-31,42H,1-2,5-6,12,17-22H2/t24-,25?,28+,29+,30+,31?,35?/m1/s1. The van der Waals surface area contributed by atoms with E-state index >= 15 is 0 Å². The fourth-order valence-corrected chi connectivity index (χ4v) is 11.1. The van der Waals surface area contributed by atoms with Crippen molar-refractivity contribution in [1.82, 2.24) is 24.8 Å². The Kier molecular flexibility index (Phi) is 10.2. The minimum absolute atomic E-state index is 0.0924. The summed E-state index contributed by atoms with van der Waals surface area (Å²) in [6, 6.07) is 15.5. The van der Waals surface area contributed by atoms with Crippen LogP contribution in [0.4, 0.5) is 0 Å². The van der Waals surface area contributed by atoms with Crippen molar-refractivity contribution in [1.29, 1.82) is 0 Å². The van der Waals surface area contributed by atoms with Crippen LogP contribution in [0.1, 0.15) is 31.2 Å². The number of amides is 2. The molecule has 0 saturated carbocycles. The second-order valence-electron chi connectivity index (χ2n) is 12.5. The number of likely N-dealkylation sites (tertiary alicyclic amines) is 1. The number of halogens is 1. The summed E-state index contributed by atoms with van der Waals surface area (Å²) in [4.78, 5) is 46.6. The highest BCUT2D eigenvalue weighted by atomic mass is 79.9. The third-order valence-corrected chi connectivity index (χ3v) is 12.8. The topological polar surface area (TPSA) is 118 Å². The fourth-order valence-electron chi connectivity index (χ4n) is 7.54. The summed E-state index contributed by atoms with van der Waals surface area (Å²) in [5.74, 6) is -2.44. The van der Waals surface area contributed by atoms with Crippen molar-refractivity contribution in [2.24, 2.45) is 11.8 Å². The number of hydrogen-bond donors (Lipinski definition) is 1. The summed E-state index contributed by atoms with van der Waals surface area (Å²) in [7, 11) is 0. The fraction of sp³-hybridized carbons (Fsp3) is 0.457. The van der Waals surface area contributed by atoms with Gasteiger partial charge in [-0.15, -0.1) is 30.0 Å². The van der Waals surface area contributed by atoms with Gasteiger partial charge in [0.2, 0.25) is 11.8 Å². The number of alkyl halides is 1. The highest BCUT2D eigenvalue weighted by Gasteiger charge is 2.76. The average molecular weight is 723 g/mol. The number of unbranched alkanes of at least 4 members (excludes halogenated alkanes) is 2. The second-order valence-corrected chi connectivity index (χ2v) is 15.2. The minimum atomic E-state index is -0.934. The van der Waals surface area contributed by atoms with E-state index in [2.05, 4.69) is 39.4 Å². The van der Waals surface area contributed by atoms with E-state index in [1.54, 1.807) is 32.3 Å². The number of aliphatic hydroxyl groups excluding tert-OH is 1. The van der Waals surface area contributed by atoms with Crippen LogP contribution < -0.4 is 0 Å². The van der Waals surface area contributed by atoms with E-state index in [4.69, 9.17) is 4.74 Å². The van der Waals surface area contributed by atoms with Gasteiger partial charge in [0.05, 0.1) is 41.4 Å². The zero-order chi connectivity index (χ0) is 33.1. The van der Waals surface area contributed by atoms with E-state index in [-0.39, 0.29) is 48.3 Å². The van der Waals surface area contributed by atoms with Gasteiger partial charge >= 0.3 is 5.97 Å². The molecular weight excluding hydrogens is 682 g/mol. The van der Waals surface area contributed by atoms with Crippen LogP contribution in [-0.4, -0.2) is 94.4 Å². The van der Waals surface area contributed by atoms with E-state index < -0.39 is 34.6 Å². The van der Waals surface area contributed by atoms with E-state index in [9.17, 15) is 19.5 Å². The first-order chi connectivity index (χ1) is 22.8. The lowest BCUT2D eigenvalue weighted by Gasteiger charge is -2.39. The SMILES string of the molecule is C=CCCCCOC(=O)[C@H]1[C@H]2C(=O)N([C@@H](CO)Cc3ccccc3)C(C(=O)N(CC=C)Cn3nnc4ccccc43)C23CC(Br)[C@@H]1S3. The number of carbonyl (C=O) groups excluding carboxylic acids is 3. The Morgan fingerprint density at radius 3 is 2.66 bits per heavy atom. The van der Waals surface area contributed by atoms with Crippen LogP contribution in [-0.2, 0) is 32.2 Å². The van der Waals surface area contributed by atoms with Gasteiger partial charge in [0.25, 0.3) is 0 Å². The number of esters is 1. The molecule has 1 spiro atoms. The number of thioether (sulfide) groups is 1. The van der Waals surface area contributed by atoms with Gasteiger partial charge < -0.3 is 19.6 Å². The number of carbonyl (C=O) groups is 3. The molecule has 3 aliphatic heterocycles. The predicted octanol–water partition coefficient (Wildman–Crippen LogP) is 4.37. The molecule has 2 aromatic carbocycles. The summed E-state index contributed by atoms with van der Waals surface area (Å²) in [5, 5.41) is 19.2. The maximum atomic E-state index is 15.0. The first kappa shape index (κ1) is 33.4. The van der Waals surface area contributed by atoms with Crippen molar-refractivity contribution in [3.63, 3.8) is 0 Å². The summed E-state index contributed by atoms with van der Waals surface area (Å²) in [6.45, 7) is 7.88. The first-order valence-electron chi connectivity index (χ1n) is 16.1. The normalized spacial score (nSPS) is 26.7. The zero-order valence-electron chi connectivity index (χ0n) is 26.2. The summed E-state index contributed by atoms with van der Waals surface area (Å²) in [5.41, 5.74) is 2.41. The van der Waals surface area contributed by atoms with Gasteiger partial charge in [-0.25, -0.2) is 4.68 Å². The molecule has 4 heterocycles. The van der Waals surface area contributed by atoms with Crippen LogP contribution in [0.15, 0.2) is 79.9 Å². The van der Waals surface area contributed by atoms with Crippen molar-refractivity contribution in [3.8, 4) is 0 Å². The highest BCUT2D eigenvalue weighted by Crippen LogP contribution is 2.68. The average Bonchev–Trinajstić information content (AvgIpc) is 3.80. The minimum Gasteiger partial charge on any atom is -0.465 e. The molecule has 10 nitrogen and oxygen atoms in total. The maximum absolute atomic E-state index is 15.0. The second kappa shape index (κ2) is 14.3. The molecule has 3 unspecified atom stereocenters. The molecule has 3 fully saturated rings. The summed E-state index contributed by atoms with van der Waals surface area (Å²) < 4.78 is 6.55. The summed E-state index contributed by atoms with van der Waals surface area (Å²) >= 11 is 5.38. The molecule has 3 aromatic rings. The van der Waals surface area contributed by atoms with Gasteiger partial charge in [0.15, 0.2) is 0 Å². The Hall–Kier alpha value is -3.48. The number of rotatable bonds is 15. The zero-order valence-corrected chi connectivity index (χ0v) is 28.6. The molecule has 47 heavy (non-hydrogen) atoms. The molecule has 6 rings (SSSR count). The number of fused-ring (bicyclic) bond motifs is 2. The third-order valence-electron chi connectivity index (χ3n) is 9.58. The first-order valence-corrected chi connectivity index (χ1v) is 17.9. The van der Waals surface area contributed by atoms with Gasteiger partial charge in [0.1, 0.15) is 18.2 Å². The molecule has 2 bridgehead atoms. The van der Waals surface area contributed by atoms with Gasteiger partial charge in [-0.2, -0.15) is 0 Å². The molecule has 3 saturated heterocycles.